The minimum absolute atomic E-state index is 0.275. The van der Waals surface area contributed by atoms with Crippen molar-refractivity contribution >= 4 is 29.3 Å². The Bertz CT molecular complexity index is 937. The summed E-state index contributed by atoms with van der Waals surface area (Å²) in [6.07, 6.45) is 2.89. The molecule has 1 atom stereocenters. The first-order valence-corrected chi connectivity index (χ1v) is 9.49. The number of hydrogen-bond acceptors (Lipinski definition) is 6. The molecule has 6 nitrogen and oxygen atoms in total. The molecule has 0 fully saturated rings. The topological polar surface area (TPSA) is 92.1 Å². The number of nitrogens with one attached hydrogen (secondary N) is 1. The number of ether oxygens (including phenoxy) is 1. The molecule has 138 valence electrons. The van der Waals surface area contributed by atoms with E-state index in [-0.39, 0.29) is 5.91 Å². The molecule has 1 N–H and O–H groups in total. The minimum atomic E-state index is -0.515. The molecule has 1 heterocycles. The van der Waals surface area contributed by atoms with Crippen LogP contribution in [0.4, 0.5) is 5.69 Å². The van der Waals surface area contributed by atoms with E-state index in [0.29, 0.717) is 21.8 Å². The smallest absolute Gasteiger partial charge is 0.339 e. The van der Waals surface area contributed by atoms with Crippen LogP contribution in [-0.2, 0) is 22.4 Å². The second kappa shape index (κ2) is 8.23. The second-order valence-corrected chi connectivity index (χ2v) is 7.53. The fraction of sp³-hybridized carbons (Fsp3) is 0.300. The second-order valence-electron chi connectivity index (χ2n) is 6.20. The van der Waals surface area contributed by atoms with Crippen LogP contribution in [-0.4, -0.2) is 29.2 Å². The summed E-state index contributed by atoms with van der Waals surface area (Å²) in [5, 5.41) is 12.3. The Balaban J connectivity index is 1.76. The standard InChI is InChI=1S/C20H19N3O3S/c1-12(18(24)22-17-8-4-3-7-15(17)20(25)26-2)27-19-14(11-21)10-13-6-5-9-16(13)23-19/h3-4,7-8,10,12H,5-6,9H2,1-2H3,(H,22,24). The number of carbonyl (C=O) groups is 2. The highest BCUT2D eigenvalue weighted by atomic mass is 32.2. The highest BCUT2D eigenvalue weighted by Gasteiger charge is 2.22. The number of carbonyl (C=O) groups excluding carboxylic acids is 2. The van der Waals surface area contributed by atoms with Crippen molar-refractivity contribution in [3.8, 4) is 6.07 Å². The lowest BCUT2D eigenvalue weighted by Crippen LogP contribution is -2.24. The fourth-order valence-corrected chi connectivity index (χ4v) is 3.85. The summed E-state index contributed by atoms with van der Waals surface area (Å²) in [6.45, 7) is 1.75. The summed E-state index contributed by atoms with van der Waals surface area (Å²) in [7, 11) is 1.29. The first kappa shape index (κ1) is 18.9. The SMILES string of the molecule is COC(=O)c1ccccc1NC(=O)C(C)Sc1nc2c(cc1C#N)CCC2. The zero-order valence-corrected chi connectivity index (χ0v) is 15.9. The van der Waals surface area contributed by atoms with Crippen LogP contribution in [0.1, 0.15) is 40.5 Å². The number of fused-ring (bicyclic) bond motifs is 1. The summed E-state index contributed by atoms with van der Waals surface area (Å²) < 4.78 is 4.75. The van der Waals surface area contributed by atoms with Crippen molar-refractivity contribution in [1.82, 2.24) is 4.98 Å². The Labute approximate surface area is 161 Å². The van der Waals surface area contributed by atoms with E-state index in [1.54, 1.807) is 31.2 Å². The molecule has 1 aliphatic rings. The number of aromatic nitrogens is 1. The van der Waals surface area contributed by atoms with Gasteiger partial charge < -0.3 is 10.1 Å². The van der Waals surface area contributed by atoms with Gasteiger partial charge in [0.15, 0.2) is 0 Å². The molecule has 0 aliphatic heterocycles. The van der Waals surface area contributed by atoms with Crippen molar-refractivity contribution in [2.45, 2.75) is 36.5 Å². The molecule has 1 aliphatic carbocycles. The van der Waals surface area contributed by atoms with Gasteiger partial charge in [0, 0.05) is 5.69 Å². The molecule has 3 rings (SSSR count). The summed E-state index contributed by atoms with van der Waals surface area (Å²) in [6, 6.07) is 10.7. The van der Waals surface area contributed by atoms with Gasteiger partial charge in [0.05, 0.1) is 29.2 Å². The van der Waals surface area contributed by atoms with Crippen molar-refractivity contribution in [3.05, 3.63) is 52.7 Å². The van der Waals surface area contributed by atoms with Crippen LogP contribution in [0.15, 0.2) is 35.4 Å². The number of hydrogen-bond donors (Lipinski definition) is 1. The number of pyridine rings is 1. The van der Waals surface area contributed by atoms with Gasteiger partial charge >= 0.3 is 5.97 Å². The zero-order chi connectivity index (χ0) is 19.4. The molecule has 0 saturated heterocycles. The molecule has 1 aromatic heterocycles. The van der Waals surface area contributed by atoms with E-state index in [2.05, 4.69) is 16.4 Å². The van der Waals surface area contributed by atoms with Crippen molar-refractivity contribution in [2.24, 2.45) is 0 Å². The van der Waals surface area contributed by atoms with Crippen LogP contribution in [0.25, 0.3) is 0 Å². The van der Waals surface area contributed by atoms with Gasteiger partial charge in [-0.1, -0.05) is 23.9 Å². The lowest BCUT2D eigenvalue weighted by Gasteiger charge is -2.15. The van der Waals surface area contributed by atoms with Crippen molar-refractivity contribution in [2.75, 3.05) is 12.4 Å². The Hall–Kier alpha value is -2.85. The summed E-state index contributed by atoms with van der Waals surface area (Å²) in [4.78, 5) is 29.1. The Morgan fingerprint density at radius 1 is 1.33 bits per heavy atom. The van der Waals surface area contributed by atoms with E-state index in [1.165, 1.54) is 18.9 Å². The molecule has 1 amide bonds. The van der Waals surface area contributed by atoms with Gasteiger partial charge in [-0.25, -0.2) is 9.78 Å². The van der Waals surface area contributed by atoms with Crippen molar-refractivity contribution in [3.63, 3.8) is 0 Å². The van der Waals surface area contributed by atoms with E-state index >= 15 is 0 Å². The number of rotatable bonds is 5. The van der Waals surface area contributed by atoms with Gasteiger partial charge in [-0.05, 0) is 49.9 Å². The van der Waals surface area contributed by atoms with E-state index < -0.39 is 11.2 Å². The molecule has 0 radical (unpaired) electrons. The average Bonchev–Trinajstić information content (AvgIpc) is 3.14. The number of amides is 1. The van der Waals surface area contributed by atoms with Crippen LogP contribution in [0.3, 0.4) is 0 Å². The highest BCUT2D eigenvalue weighted by molar-refractivity contribution is 8.00. The third-order valence-corrected chi connectivity index (χ3v) is 5.49. The first-order valence-electron chi connectivity index (χ1n) is 8.61. The molecule has 7 heteroatoms. The molecular weight excluding hydrogens is 362 g/mol. The third-order valence-electron chi connectivity index (χ3n) is 4.38. The average molecular weight is 381 g/mol. The van der Waals surface area contributed by atoms with Gasteiger partial charge in [-0.15, -0.1) is 0 Å². The number of para-hydroxylation sites is 1. The van der Waals surface area contributed by atoms with Crippen molar-refractivity contribution in [1.29, 1.82) is 5.26 Å². The predicted octanol–water partition coefficient (Wildman–Crippen LogP) is 3.35. The molecule has 2 aromatic rings. The van der Waals surface area contributed by atoms with Crippen LogP contribution >= 0.6 is 11.8 Å². The van der Waals surface area contributed by atoms with E-state index in [9.17, 15) is 14.9 Å². The van der Waals surface area contributed by atoms with Gasteiger partial charge in [-0.3, -0.25) is 4.79 Å². The first-order chi connectivity index (χ1) is 13.0. The quantitative estimate of drug-likeness (QED) is 0.631. The molecule has 27 heavy (non-hydrogen) atoms. The lowest BCUT2D eigenvalue weighted by atomic mass is 10.1. The monoisotopic (exact) mass is 381 g/mol. The van der Waals surface area contributed by atoms with Crippen molar-refractivity contribution < 1.29 is 14.3 Å². The fourth-order valence-electron chi connectivity index (χ4n) is 2.96. The van der Waals surface area contributed by atoms with Crippen LogP contribution < -0.4 is 5.32 Å². The number of thioether (sulfide) groups is 1. The predicted molar refractivity (Wildman–Crippen MR) is 103 cm³/mol. The van der Waals surface area contributed by atoms with E-state index in [4.69, 9.17) is 4.74 Å². The Morgan fingerprint density at radius 3 is 2.85 bits per heavy atom. The number of nitrogens with zero attached hydrogens (tertiary/aromatic N) is 2. The summed E-state index contributed by atoms with van der Waals surface area (Å²) in [5.41, 5.74) is 3.32. The van der Waals surface area contributed by atoms with Gasteiger partial charge in [-0.2, -0.15) is 5.26 Å². The normalized spacial score (nSPS) is 13.4. The molecule has 0 spiro atoms. The van der Waals surface area contributed by atoms with Crippen LogP contribution in [0.2, 0.25) is 0 Å². The number of benzene rings is 1. The molecule has 0 saturated carbocycles. The maximum Gasteiger partial charge on any atom is 0.339 e. The Kier molecular flexibility index (Phi) is 5.77. The maximum atomic E-state index is 12.6. The molecule has 0 bridgehead atoms. The van der Waals surface area contributed by atoms with E-state index in [1.807, 2.05) is 6.07 Å². The molecular formula is C20H19N3O3S. The van der Waals surface area contributed by atoms with E-state index in [0.717, 1.165) is 30.5 Å². The Morgan fingerprint density at radius 2 is 2.11 bits per heavy atom. The largest absolute Gasteiger partial charge is 0.465 e. The van der Waals surface area contributed by atoms with Gasteiger partial charge in [0.25, 0.3) is 0 Å². The number of anilines is 1. The maximum absolute atomic E-state index is 12.6. The summed E-state index contributed by atoms with van der Waals surface area (Å²) in [5.74, 6) is -0.791. The summed E-state index contributed by atoms with van der Waals surface area (Å²) >= 11 is 1.25. The molecule has 1 unspecified atom stereocenters. The number of aryl methyl sites for hydroxylation is 2. The number of methoxy groups -OCH3 is 1. The zero-order valence-electron chi connectivity index (χ0n) is 15.1. The highest BCUT2D eigenvalue weighted by Crippen LogP contribution is 2.30. The minimum Gasteiger partial charge on any atom is -0.465 e. The van der Waals surface area contributed by atoms with Gasteiger partial charge in [0.2, 0.25) is 5.91 Å². The third kappa shape index (κ3) is 4.12. The lowest BCUT2D eigenvalue weighted by molar-refractivity contribution is -0.115. The van der Waals surface area contributed by atoms with Gasteiger partial charge in [0.1, 0.15) is 11.1 Å². The van der Waals surface area contributed by atoms with Crippen LogP contribution in [0.5, 0.6) is 0 Å². The number of nitriles is 1. The molecule has 1 aromatic carbocycles. The van der Waals surface area contributed by atoms with Crippen LogP contribution in [0, 0.1) is 11.3 Å². The number of esters is 1.